The molecule has 94 valence electrons. The largest absolute Gasteiger partial charge is 0.388 e. The molecule has 1 unspecified atom stereocenters. The lowest BCUT2D eigenvalue weighted by molar-refractivity contribution is 0.00578. The van der Waals surface area contributed by atoms with Gasteiger partial charge in [-0.1, -0.05) is 0 Å². The van der Waals surface area contributed by atoms with E-state index in [4.69, 9.17) is 4.74 Å². The Bertz CT molecular complexity index is 401. The van der Waals surface area contributed by atoms with Gasteiger partial charge in [0.15, 0.2) is 0 Å². The van der Waals surface area contributed by atoms with Crippen LogP contribution in [0.1, 0.15) is 30.1 Å². The summed E-state index contributed by atoms with van der Waals surface area (Å²) in [5.41, 5.74) is 0.311. The van der Waals surface area contributed by atoms with E-state index >= 15 is 0 Å². The molecule has 2 rings (SSSR count). The van der Waals surface area contributed by atoms with Gasteiger partial charge in [0, 0.05) is 18.8 Å². The number of aryl methyl sites for hydroxylation is 1. The average molecular weight is 242 g/mol. The lowest BCUT2D eigenvalue weighted by atomic mass is 9.89. The maximum atomic E-state index is 13.7. The van der Waals surface area contributed by atoms with Crippen LogP contribution >= 0.6 is 0 Å². The second kappa shape index (κ2) is 5.10. The first-order valence-corrected chi connectivity index (χ1v) is 5.81. The normalized spacial score (nSPS) is 19.3. The fraction of sp³-hybridized carbons (Fsp3) is 0.538. The molecule has 17 heavy (non-hydrogen) atoms. The van der Waals surface area contributed by atoms with Gasteiger partial charge in [0.25, 0.3) is 0 Å². The second-order valence-corrected chi connectivity index (χ2v) is 4.52. The molecule has 1 aromatic carbocycles. The van der Waals surface area contributed by atoms with Crippen molar-refractivity contribution in [1.82, 2.24) is 0 Å². The number of aliphatic hydroxyl groups is 1. The maximum Gasteiger partial charge on any atom is 0.129 e. The third-order valence-corrected chi connectivity index (χ3v) is 3.31. The summed E-state index contributed by atoms with van der Waals surface area (Å²) in [6.45, 7) is 2.64. The van der Waals surface area contributed by atoms with E-state index < -0.39 is 17.7 Å². The van der Waals surface area contributed by atoms with Crippen LogP contribution in [-0.4, -0.2) is 18.3 Å². The fourth-order valence-electron chi connectivity index (χ4n) is 2.17. The molecule has 0 bridgehead atoms. The first-order chi connectivity index (χ1) is 8.09. The molecular formula is C13H16F2O2. The van der Waals surface area contributed by atoms with Crippen LogP contribution in [0.15, 0.2) is 12.1 Å². The van der Waals surface area contributed by atoms with Gasteiger partial charge < -0.3 is 9.84 Å². The zero-order valence-corrected chi connectivity index (χ0v) is 9.75. The second-order valence-electron chi connectivity index (χ2n) is 4.52. The molecule has 0 amide bonds. The van der Waals surface area contributed by atoms with Gasteiger partial charge in [0.05, 0.1) is 6.10 Å². The van der Waals surface area contributed by atoms with Crippen molar-refractivity contribution >= 4 is 0 Å². The SMILES string of the molecule is Cc1cc(F)c(C(O)C2CCOCC2)cc1F. The quantitative estimate of drug-likeness (QED) is 0.864. The Balaban J connectivity index is 2.23. The van der Waals surface area contributed by atoms with E-state index in [1.807, 2.05) is 0 Å². The smallest absolute Gasteiger partial charge is 0.129 e. The topological polar surface area (TPSA) is 29.5 Å². The van der Waals surface area contributed by atoms with Crippen molar-refractivity contribution in [1.29, 1.82) is 0 Å². The summed E-state index contributed by atoms with van der Waals surface area (Å²) in [6.07, 6.45) is 0.403. The first kappa shape index (κ1) is 12.5. The van der Waals surface area contributed by atoms with Gasteiger partial charge in [-0.2, -0.15) is 0 Å². The third-order valence-electron chi connectivity index (χ3n) is 3.31. The number of aliphatic hydroxyl groups excluding tert-OH is 1. The zero-order chi connectivity index (χ0) is 12.4. The van der Waals surface area contributed by atoms with E-state index in [0.29, 0.717) is 26.1 Å². The molecule has 1 atom stereocenters. The molecule has 1 heterocycles. The summed E-state index contributed by atoms with van der Waals surface area (Å²) in [5.74, 6) is -1.07. The van der Waals surface area contributed by atoms with Crippen LogP contribution in [0.5, 0.6) is 0 Å². The van der Waals surface area contributed by atoms with Crippen LogP contribution in [0.25, 0.3) is 0 Å². The van der Waals surface area contributed by atoms with Crippen molar-refractivity contribution in [3.63, 3.8) is 0 Å². The Hall–Kier alpha value is -1.00. The highest BCUT2D eigenvalue weighted by molar-refractivity contribution is 5.27. The van der Waals surface area contributed by atoms with Gasteiger partial charge >= 0.3 is 0 Å². The monoisotopic (exact) mass is 242 g/mol. The average Bonchev–Trinajstić information content (AvgIpc) is 2.34. The Morgan fingerprint density at radius 3 is 2.53 bits per heavy atom. The third kappa shape index (κ3) is 2.64. The van der Waals surface area contributed by atoms with E-state index in [2.05, 4.69) is 0 Å². The molecule has 0 spiro atoms. The highest BCUT2D eigenvalue weighted by Crippen LogP contribution is 2.32. The van der Waals surface area contributed by atoms with Crippen LogP contribution in [0.4, 0.5) is 8.78 Å². The van der Waals surface area contributed by atoms with E-state index in [0.717, 1.165) is 12.1 Å². The number of ether oxygens (including phenoxy) is 1. The maximum absolute atomic E-state index is 13.7. The van der Waals surface area contributed by atoms with Crippen LogP contribution in [0.2, 0.25) is 0 Å². The van der Waals surface area contributed by atoms with Crippen molar-refractivity contribution < 1.29 is 18.6 Å². The summed E-state index contributed by atoms with van der Waals surface area (Å²) in [6, 6.07) is 2.23. The number of hydrogen-bond donors (Lipinski definition) is 1. The standard InChI is InChI=1S/C13H16F2O2/c1-8-6-12(15)10(7-11(8)14)13(16)9-2-4-17-5-3-9/h6-7,9,13,16H,2-5H2,1H3. The van der Waals surface area contributed by atoms with E-state index in [-0.39, 0.29) is 17.0 Å². The van der Waals surface area contributed by atoms with Crippen molar-refractivity contribution in [3.8, 4) is 0 Å². The van der Waals surface area contributed by atoms with Gasteiger partial charge in [-0.05, 0) is 43.4 Å². The van der Waals surface area contributed by atoms with Crippen molar-refractivity contribution in [2.75, 3.05) is 13.2 Å². The van der Waals surface area contributed by atoms with E-state index in [9.17, 15) is 13.9 Å². The molecule has 1 aliphatic heterocycles. The van der Waals surface area contributed by atoms with Gasteiger partial charge in [-0.15, -0.1) is 0 Å². The number of rotatable bonds is 2. The molecule has 4 heteroatoms. The molecular weight excluding hydrogens is 226 g/mol. The lowest BCUT2D eigenvalue weighted by Crippen LogP contribution is -2.22. The molecule has 0 radical (unpaired) electrons. The van der Waals surface area contributed by atoms with Crippen LogP contribution in [-0.2, 0) is 4.74 Å². The molecule has 2 nitrogen and oxygen atoms in total. The molecule has 1 N–H and O–H groups in total. The zero-order valence-electron chi connectivity index (χ0n) is 9.75. The van der Waals surface area contributed by atoms with E-state index in [1.54, 1.807) is 0 Å². The number of benzene rings is 1. The molecule has 0 aliphatic carbocycles. The predicted molar refractivity (Wildman–Crippen MR) is 59.6 cm³/mol. The summed E-state index contributed by atoms with van der Waals surface area (Å²) >= 11 is 0. The van der Waals surface area contributed by atoms with Crippen molar-refractivity contribution in [2.24, 2.45) is 5.92 Å². The highest BCUT2D eigenvalue weighted by Gasteiger charge is 2.26. The van der Waals surface area contributed by atoms with Gasteiger partial charge in [-0.25, -0.2) is 8.78 Å². The summed E-state index contributed by atoms with van der Waals surface area (Å²) in [4.78, 5) is 0. The van der Waals surface area contributed by atoms with Gasteiger partial charge in [-0.3, -0.25) is 0 Å². The Morgan fingerprint density at radius 1 is 1.24 bits per heavy atom. The summed E-state index contributed by atoms with van der Waals surface area (Å²) in [5, 5.41) is 10.1. The van der Waals surface area contributed by atoms with Crippen LogP contribution < -0.4 is 0 Å². The number of halogens is 2. The molecule has 1 aromatic rings. The first-order valence-electron chi connectivity index (χ1n) is 5.81. The van der Waals surface area contributed by atoms with Crippen LogP contribution in [0.3, 0.4) is 0 Å². The fourth-order valence-corrected chi connectivity index (χ4v) is 2.17. The summed E-state index contributed by atoms with van der Waals surface area (Å²) in [7, 11) is 0. The number of hydrogen-bond acceptors (Lipinski definition) is 2. The Labute approximate surface area is 99.2 Å². The van der Waals surface area contributed by atoms with E-state index in [1.165, 1.54) is 6.92 Å². The van der Waals surface area contributed by atoms with Crippen LogP contribution in [0, 0.1) is 24.5 Å². The molecule has 0 saturated carbocycles. The van der Waals surface area contributed by atoms with Crippen molar-refractivity contribution in [2.45, 2.75) is 25.9 Å². The van der Waals surface area contributed by atoms with Crippen molar-refractivity contribution in [3.05, 3.63) is 34.9 Å². The van der Waals surface area contributed by atoms with Gasteiger partial charge in [0.1, 0.15) is 11.6 Å². The molecule has 1 aliphatic rings. The minimum atomic E-state index is -0.950. The molecule has 0 aromatic heterocycles. The Morgan fingerprint density at radius 2 is 1.88 bits per heavy atom. The van der Waals surface area contributed by atoms with Gasteiger partial charge in [0.2, 0.25) is 0 Å². The molecule has 1 saturated heterocycles. The minimum Gasteiger partial charge on any atom is -0.388 e. The lowest BCUT2D eigenvalue weighted by Gasteiger charge is -2.27. The minimum absolute atomic E-state index is 0.0552. The molecule has 1 fully saturated rings. The summed E-state index contributed by atoms with van der Waals surface area (Å²) < 4.78 is 32.2. The predicted octanol–water partition coefficient (Wildman–Crippen LogP) is 2.73. The Kier molecular flexibility index (Phi) is 3.74. The highest BCUT2D eigenvalue weighted by atomic mass is 19.1.